The van der Waals surface area contributed by atoms with Gasteiger partial charge in [0, 0.05) is 34.7 Å². The van der Waals surface area contributed by atoms with Gasteiger partial charge in [0.1, 0.15) is 0 Å². The maximum atomic E-state index is 12.0. The summed E-state index contributed by atoms with van der Waals surface area (Å²) >= 11 is 0. The summed E-state index contributed by atoms with van der Waals surface area (Å²) < 4.78 is 2.27. The van der Waals surface area contributed by atoms with Crippen molar-refractivity contribution in [2.75, 3.05) is 5.73 Å². The predicted octanol–water partition coefficient (Wildman–Crippen LogP) is 3.11. The molecule has 1 aromatic carbocycles. The third-order valence-corrected chi connectivity index (χ3v) is 3.70. The van der Waals surface area contributed by atoms with Gasteiger partial charge in [0.05, 0.1) is 6.21 Å². The van der Waals surface area contributed by atoms with Crippen molar-refractivity contribution in [2.24, 2.45) is 11.0 Å². The standard InChI is InChI=1S/C18H24N4O/c1-12(2)11-22-13(3)9-16(14(22)4)10-20-21-18(23)15-5-7-17(19)8-6-15/h5-10,12H,11,19H2,1-4H3,(H,21,23). The van der Waals surface area contributed by atoms with E-state index in [1.54, 1.807) is 30.5 Å². The van der Waals surface area contributed by atoms with Gasteiger partial charge in [0.15, 0.2) is 0 Å². The second-order valence-electron chi connectivity index (χ2n) is 6.15. The van der Waals surface area contributed by atoms with Crippen molar-refractivity contribution in [1.29, 1.82) is 0 Å². The van der Waals surface area contributed by atoms with Crippen LogP contribution in [0.25, 0.3) is 0 Å². The number of aromatic nitrogens is 1. The number of nitrogens with two attached hydrogens (primary N) is 1. The van der Waals surface area contributed by atoms with Crippen molar-refractivity contribution >= 4 is 17.8 Å². The molecule has 0 aliphatic rings. The summed E-state index contributed by atoms with van der Waals surface area (Å²) in [5.74, 6) is 0.326. The van der Waals surface area contributed by atoms with Crippen LogP contribution >= 0.6 is 0 Å². The lowest BCUT2D eigenvalue weighted by molar-refractivity contribution is 0.0955. The van der Waals surface area contributed by atoms with Crippen LogP contribution < -0.4 is 11.2 Å². The number of nitrogen functional groups attached to an aromatic ring is 1. The summed E-state index contributed by atoms with van der Waals surface area (Å²) in [5, 5.41) is 4.07. The minimum atomic E-state index is -0.253. The van der Waals surface area contributed by atoms with Crippen LogP contribution in [0, 0.1) is 19.8 Å². The Morgan fingerprint density at radius 2 is 1.96 bits per heavy atom. The molecule has 0 atom stereocenters. The highest BCUT2D eigenvalue weighted by molar-refractivity contribution is 5.95. The zero-order chi connectivity index (χ0) is 17.0. The van der Waals surface area contributed by atoms with Crippen molar-refractivity contribution in [1.82, 2.24) is 9.99 Å². The Morgan fingerprint density at radius 1 is 1.30 bits per heavy atom. The van der Waals surface area contributed by atoms with Crippen molar-refractivity contribution in [2.45, 2.75) is 34.2 Å². The average Bonchev–Trinajstić information content (AvgIpc) is 2.75. The Morgan fingerprint density at radius 3 is 2.57 bits per heavy atom. The molecule has 0 unspecified atom stereocenters. The monoisotopic (exact) mass is 312 g/mol. The maximum Gasteiger partial charge on any atom is 0.271 e. The molecule has 0 aliphatic heterocycles. The van der Waals surface area contributed by atoms with Crippen LogP contribution in [-0.2, 0) is 6.54 Å². The van der Waals surface area contributed by atoms with Crippen molar-refractivity contribution in [3.8, 4) is 0 Å². The molecule has 5 heteroatoms. The molecule has 2 rings (SSSR count). The van der Waals surface area contributed by atoms with Crippen LogP contribution in [0.2, 0.25) is 0 Å². The molecule has 0 radical (unpaired) electrons. The van der Waals surface area contributed by atoms with E-state index in [0.717, 1.165) is 17.8 Å². The second-order valence-corrected chi connectivity index (χ2v) is 6.15. The number of anilines is 1. The summed E-state index contributed by atoms with van der Waals surface area (Å²) in [4.78, 5) is 12.0. The molecule has 5 nitrogen and oxygen atoms in total. The molecule has 1 heterocycles. The maximum absolute atomic E-state index is 12.0. The highest BCUT2D eigenvalue weighted by Gasteiger charge is 2.09. The molecule has 0 saturated heterocycles. The zero-order valence-corrected chi connectivity index (χ0v) is 14.1. The van der Waals surface area contributed by atoms with Crippen molar-refractivity contribution in [3.05, 3.63) is 52.8 Å². The molecular formula is C18H24N4O. The molecule has 122 valence electrons. The van der Waals surface area contributed by atoms with Gasteiger partial charge in [-0.2, -0.15) is 5.10 Å². The molecule has 0 aliphatic carbocycles. The first-order valence-electron chi connectivity index (χ1n) is 7.74. The van der Waals surface area contributed by atoms with Gasteiger partial charge in [-0.3, -0.25) is 4.79 Å². The number of hydrogen-bond acceptors (Lipinski definition) is 3. The van der Waals surface area contributed by atoms with E-state index in [2.05, 4.69) is 48.9 Å². The Hall–Kier alpha value is -2.56. The van der Waals surface area contributed by atoms with Gasteiger partial charge in [-0.05, 0) is 50.1 Å². The van der Waals surface area contributed by atoms with E-state index in [4.69, 9.17) is 5.73 Å². The van der Waals surface area contributed by atoms with E-state index in [1.807, 2.05) is 0 Å². The minimum absolute atomic E-state index is 0.253. The van der Waals surface area contributed by atoms with E-state index in [-0.39, 0.29) is 5.91 Å². The number of nitrogens with zero attached hydrogens (tertiary/aromatic N) is 2. The van der Waals surface area contributed by atoms with E-state index >= 15 is 0 Å². The lowest BCUT2D eigenvalue weighted by Crippen LogP contribution is -2.17. The first-order valence-corrected chi connectivity index (χ1v) is 7.74. The topological polar surface area (TPSA) is 72.4 Å². The highest BCUT2D eigenvalue weighted by atomic mass is 16.2. The van der Waals surface area contributed by atoms with Gasteiger partial charge in [0.25, 0.3) is 5.91 Å². The molecule has 3 N–H and O–H groups in total. The third kappa shape index (κ3) is 4.22. The molecule has 23 heavy (non-hydrogen) atoms. The van der Waals surface area contributed by atoms with E-state index < -0.39 is 0 Å². The van der Waals surface area contributed by atoms with Crippen molar-refractivity contribution in [3.63, 3.8) is 0 Å². The SMILES string of the molecule is Cc1cc(C=NNC(=O)c2ccc(N)cc2)c(C)n1CC(C)C. The molecule has 1 aromatic heterocycles. The molecule has 0 spiro atoms. The average molecular weight is 312 g/mol. The Labute approximate surface area is 137 Å². The van der Waals surface area contributed by atoms with Gasteiger partial charge in [-0.1, -0.05) is 13.8 Å². The molecular weight excluding hydrogens is 288 g/mol. The molecule has 1 amide bonds. The van der Waals surface area contributed by atoms with Crippen LogP contribution in [0.5, 0.6) is 0 Å². The first-order chi connectivity index (χ1) is 10.9. The molecule has 0 bridgehead atoms. The second kappa shape index (κ2) is 7.13. The fourth-order valence-electron chi connectivity index (χ4n) is 2.46. The van der Waals surface area contributed by atoms with Gasteiger partial charge >= 0.3 is 0 Å². The van der Waals surface area contributed by atoms with Gasteiger partial charge in [0.2, 0.25) is 0 Å². The fraction of sp³-hybridized carbons (Fsp3) is 0.333. The predicted molar refractivity (Wildman–Crippen MR) is 94.7 cm³/mol. The summed E-state index contributed by atoms with van der Waals surface area (Å²) in [6.07, 6.45) is 1.69. The quantitative estimate of drug-likeness (QED) is 0.506. The lowest BCUT2D eigenvalue weighted by Gasteiger charge is -2.11. The summed E-state index contributed by atoms with van der Waals surface area (Å²) in [6, 6.07) is 8.82. The number of benzene rings is 1. The molecule has 2 aromatic rings. The summed E-state index contributed by atoms with van der Waals surface area (Å²) in [6.45, 7) is 9.51. The highest BCUT2D eigenvalue weighted by Crippen LogP contribution is 2.15. The number of rotatable bonds is 5. The number of amides is 1. The number of carbonyl (C=O) groups is 1. The van der Waals surface area contributed by atoms with Crippen LogP contribution in [0.3, 0.4) is 0 Å². The van der Waals surface area contributed by atoms with Crippen molar-refractivity contribution < 1.29 is 4.79 Å². The molecule has 0 saturated carbocycles. The summed E-state index contributed by atoms with van der Waals surface area (Å²) in [5.41, 5.74) is 12.7. The number of hydrogen-bond donors (Lipinski definition) is 2. The Balaban J connectivity index is 2.06. The van der Waals surface area contributed by atoms with Crippen LogP contribution in [-0.4, -0.2) is 16.7 Å². The normalized spacial score (nSPS) is 11.3. The van der Waals surface area contributed by atoms with E-state index in [0.29, 0.717) is 17.2 Å². The first kappa shape index (κ1) is 16.8. The van der Waals surface area contributed by atoms with Crippen LogP contribution in [0.4, 0.5) is 5.69 Å². The Bertz CT molecular complexity index is 711. The Kier molecular flexibility index (Phi) is 5.21. The van der Waals surface area contributed by atoms with E-state index in [1.165, 1.54) is 5.69 Å². The van der Waals surface area contributed by atoms with Gasteiger partial charge in [-0.15, -0.1) is 0 Å². The smallest absolute Gasteiger partial charge is 0.271 e. The lowest BCUT2D eigenvalue weighted by atomic mass is 10.2. The number of aryl methyl sites for hydroxylation is 1. The van der Waals surface area contributed by atoms with Gasteiger partial charge in [-0.25, -0.2) is 5.43 Å². The van der Waals surface area contributed by atoms with Crippen LogP contribution in [0.15, 0.2) is 35.4 Å². The van der Waals surface area contributed by atoms with Gasteiger partial charge < -0.3 is 10.3 Å². The van der Waals surface area contributed by atoms with Crippen LogP contribution in [0.1, 0.15) is 41.2 Å². The van der Waals surface area contributed by atoms with E-state index in [9.17, 15) is 4.79 Å². The number of hydrazone groups is 1. The summed E-state index contributed by atoms with van der Waals surface area (Å²) in [7, 11) is 0. The minimum Gasteiger partial charge on any atom is -0.399 e. The third-order valence-electron chi connectivity index (χ3n) is 3.70. The number of carbonyl (C=O) groups excluding carboxylic acids is 1. The molecule has 0 fully saturated rings. The largest absolute Gasteiger partial charge is 0.399 e. The zero-order valence-electron chi connectivity index (χ0n) is 14.1. The number of nitrogens with one attached hydrogen (secondary N) is 1. The fourth-order valence-corrected chi connectivity index (χ4v) is 2.46.